The summed E-state index contributed by atoms with van der Waals surface area (Å²) in [7, 11) is 0. The van der Waals surface area contributed by atoms with Crippen LogP contribution in [0.3, 0.4) is 0 Å². The van der Waals surface area contributed by atoms with E-state index in [1.165, 1.54) is 22.3 Å². The van der Waals surface area contributed by atoms with E-state index in [0.29, 0.717) is 5.56 Å². The zero-order chi connectivity index (χ0) is 19.8. The van der Waals surface area contributed by atoms with Crippen molar-refractivity contribution in [2.45, 2.75) is 52.9 Å². The molecule has 142 valence electrons. The Morgan fingerprint density at radius 3 is 2.44 bits per heavy atom. The first-order valence-electron chi connectivity index (χ1n) is 9.61. The lowest BCUT2D eigenvalue weighted by atomic mass is 9.85. The third-order valence-electron chi connectivity index (χ3n) is 4.98. The van der Waals surface area contributed by atoms with E-state index in [1.807, 2.05) is 25.3 Å². The van der Waals surface area contributed by atoms with Crippen LogP contribution < -0.4 is 5.73 Å². The van der Waals surface area contributed by atoms with Gasteiger partial charge in [-0.1, -0.05) is 49.8 Å². The summed E-state index contributed by atoms with van der Waals surface area (Å²) in [6, 6.07) is 14.1. The number of aryl methyl sites for hydroxylation is 1. The molecule has 0 aromatic heterocycles. The molecule has 2 aromatic carbocycles. The predicted molar refractivity (Wildman–Crippen MR) is 114 cm³/mol. The van der Waals surface area contributed by atoms with Crippen molar-refractivity contribution in [3.8, 4) is 0 Å². The molecule has 27 heavy (non-hydrogen) atoms. The van der Waals surface area contributed by atoms with Crippen LogP contribution in [0.15, 0.2) is 59.2 Å². The van der Waals surface area contributed by atoms with Crippen LogP contribution in [0.4, 0.5) is 0 Å². The van der Waals surface area contributed by atoms with Gasteiger partial charge in [-0.15, -0.1) is 0 Å². The molecule has 0 aliphatic carbocycles. The maximum absolute atomic E-state index is 11.3. The molecule has 2 N–H and O–H groups in total. The molecule has 0 aliphatic rings. The van der Waals surface area contributed by atoms with Crippen molar-refractivity contribution in [2.75, 3.05) is 0 Å². The average Bonchev–Trinajstić information content (AvgIpc) is 2.66. The Morgan fingerprint density at radius 2 is 1.85 bits per heavy atom. The van der Waals surface area contributed by atoms with Gasteiger partial charge in [-0.05, 0) is 68.0 Å². The van der Waals surface area contributed by atoms with Crippen LogP contribution in [-0.4, -0.2) is 12.1 Å². The van der Waals surface area contributed by atoms with Crippen LogP contribution in [0.2, 0.25) is 0 Å². The maximum Gasteiger partial charge on any atom is 0.248 e. The van der Waals surface area contributed by atoms with E-state index in [9.17, 15) is 4.79 Å². The second-order valence-electron chi connectivity index (χ2n) is 6.91. The fourth-order valence-electron chi connectivity index (χ4n) is 3.29. The van der Waals surface area contributed by atoms with Gasteiger partial charge in [-0.2, -0.15) is 0 Å². The molecule has 1 amide bonds. The number of carbonyl (C=O) groups excluding carboxylic acids is 1. The molecular weight excluding hydrogens is 332 g/mol. The first kappa shape index (κ1) is 20.6. The van der Waals surface area contributed by atoms with Gasteiger partial charge < -0.3 is 5.73 Å². The lowest BCUT2D eigenvalue weighted by Crippen LogP contribution is -2.11. The second-order valence-corrected chi connectivity index (χ2v) is 6.91. The van der Waals surface area contributed by atoms with Gasteiger partial charge in [0.1, 0.15) is 0 Å². The summed E-state index contributed by atoms with van der Waals surface area (Å²) in [6.07, 6.45) is 7.06. The molecule has 3 heteroatoms. The fourth-order valence-corrected chi connectivity index (χ4v) is 3.29. The molecule has 0 heterocycles. The van der Waals surface area contributed by atoms with Gasteiger partial charge in [-0.25, -0.2) is 0 Å². The molecule has 2 rings (SSSR count). The summed E-state index contributed by atoms with van der Waals surface area (Å²) < 4.78 is 0. The van der Waals surface area contributed by atoms with Crippen LogP contribution in [0, 0.1) is 13.8 Å². The first-order valence-corrected chi connectivity index (χ1v) is 9.61. The van der Waals surface area contributed by atoms with Gasteiger partial charge in [0.2, 0.25) is 5.91 Å². The van der Waals surface area contributed by atoms with E-state index in [1.54, 1.807) is 12.1 Å². The topological polar surface area (TPSA) is 55.4 Å². The molecule has 3 nitrogen and oxygen atoms in total. The number of amides is 1. The van der Waals surface area contributed by atoms with E-state index < -0.39 is 5.91 Å². The standard InChI is InChI=1S/C24H30N2O/c1-5-7-11-23(26-6-2)22(21-10-8-9-17(3)18(21)4)16-19-12-14-20(15-13-19)24(25)27/h6,8-15,22H,5,7,16H2,1-4H3,(H2,25,27)/b23-11-,26-6?. The number of unbranched alkanes of at least 4 members (excludes halogenated alkanes) is 1. The van der Waals surface area contributed by atoms with Gasteiger partial charge in [0.25, 0.3) is 0 Å². The van der Waals surface area contributed by atoms with Gasteiger partial charge in [0, 0.05) is 23.4 Å². The predicted octanol–water partition coefficient (Wildman–Crippen LogP) is 5.50. The van der Waals surface area contributed by atoms with Crippen molar-refractivity contribution < 1.29 is 4.79 Å². The van der Waals surface area contributed by atoms with E-state index in [2.05, 4.69) is 45.0 Å². The Bertz CT molecular complexity index is 832. The molecule has 1 unspecified atom stereocenters. The number of aliphatic imine (C=N–C) groups is 1. The lowest BCUT2D eigenvalue weighted by Gasteiger charge is -2.22. The number of carbonyl (C=O) groups is 1. The molecule has 0 radical (unpaired) electrons. The van der Waals surface area contributed by atoms with E-state index in [0.717, 1.165) is 25.0 Å². The van der Waals surface area contributed by atoms with Gasteiger partial charge in [0.15, 0.2) is 0 Å². The molecule has 0 bridgehead atoms. The number of rotatable bonds is 8. The molecular formula is C24H30N2O. The van der Waals surface area contributed by atoms with Crippen LogP contribution in [-0.2, 0) is 6.42 Å². The van der Waals surface area contributed by atoms with Crippen LogP contribution in [0.25, 0.3) is 0 Å². The minimum Gasteiger partial charge on any atom is -0.366 e. The number of allylic oxidation sites excluding steroid dienone is 2. The number of benzene rings is 2. The fraction of sp³-hybridized carbons (Fsp3) is 0.333. The summed E-state index contributed by atoms with van der Waals surface area (Å²) in [5.74, 6) is -0.223. The molecule has 0 aliphatic heterocycles. The highest BCUT2D eigenvalue weighted by Gasteiger charge is 2.19. The first-order chi connectivity index (χ1) is 13.0. The third kappa shape index (κ3) is 5.40. The number of hydrogen-bond acceptors (Lipinski definition) is 2. The van der Waals surface area contributed by atoms with E-state index >= 15 is 0 Å². The van der Waals surface area contributed by atoms with Crippen molar-refractivity contribution in [1.29, 1.82) is 0 Å². The molecule has 0 saturated carbocycles. The number of primary amides is 1. The molecule has 0 spiro atoms. The van der Waals surface area contributed by atoms with Gasteiger partial charge in [-0.3, -0.25) is 9.79 Å². The van der Waals surface area contributed by atoms with Crippen molar-refractivity contribution in [3.05, 3.63) is 82.1 Å². The van der Waals surface area contributed by atoms with Crippen molar-refractivity contribution >= 4 is 12.1 Å². The molecule has 2 aromatic rings. The minimum absolute atomic E-state index is 0.173. The van der Waals surface area contributed by atoms with Crippen molar-refractivity contribution in [3.63, 3.8) is 0 Å². The minimum atomic E-state index is -0.397. The summed E-state index contributed by atoms with van der Waals surface area (Å²) in [5, 5.41) is 0. The smallest absolute Gasteiger partial charge is 0.248 e. The third-order valence-corrected chi connectivity index (χ3v) is 4.98. The maximum atomic E-state index is 11.3. The van der Waals surface area contributed by atoms with Crippen LogP contribution in [0.5, 0.6) is 0 Å². The highest BCUT2D eigenvalue weighted by atomic mass is 16.1. The highest BCUT2D eigenvalue weighted by molar-refractivity contribution is 5.92. The average molecular weight is 363 g/mol. The van der Waals surface area contributed by atoms with Crippen molar-refractivity contribution in [2.24, 2.45) is 10.7 Å². The quantitative estimate of drug-likeness (QED) is 0.619. The number of nitrogens with zero attached hydrogens (tertiary/aromatic N) is 1. The summed E-state index contributed by atoms with van der Waals surface area (Å²) in [6.45, 7) is 8.47. The normalized spacial score (nSPS) is 13.1. The Kier molecular flexibility index (Phi) is 7.54. The van der Waals surface area contributed by atoms with Crippen molar-refractivity contribution in [1.82, 2.24) is 0 Å². The molecule has 1 atom stereocenters. The van der Waals surface area contributed by atoms with E-state index in [-0.39, 0.29) is 5.92 Å². The number of nitrogens with two attached hydrogens (primary N) is 1. The zero-order valence-electron chi connectivity index (χ0n) is 16.8. The molecule has 0 fully saturated rings. The van der Waals surface area contributed by atoms with Gasteiger partial charge in [0.05, 0.1) is 0 Å². The zero-order valence-corrected chi connectivity index (χ0v) is 16.8. The largest absolute Gasteiger partial charge is 0.366 e. The highest BCUT2D eigenvalue weighted by Crippen LogP contribution is 2.33. The van der Waals surface area contributed by atoms with Crippen LogP contribution in [0.1, 0.15) is 65.2 Å². The van der Waals surface area contributed by atoms with Crippen LogP contribution >= 0.6 is 0 Å². The summed E-state index contributed by atoms with van der Waals surface area (Å²) in [4.78, 5) is 16.1. The number of hydrogen-bond donors (Lipinski definition) is 1. The monoisotopic (exact) mass is 362 g/mol. The Morgan fingerprint density at radius 1 is 1.15 bits per heavy atom. The summed E-state index contributed by atoms with van der Waals surface area (Å²) >= 11 is 0. The SMILES string of the molecule is CC=N/C(=C\CCC)C(Cc1ccc(C(N)=O)cc1)c1cccc(C)c1C. The molecule has 0 saturated heterocycles. The second kappa shape index (κ2) is 9.86. The Labute approximate surface area is 163 Å². The van der Waals surface area contributed by atoms with Gasteiger partial charge >= 0.3 is 0 Å². The Hall–Kier alpha value is -2.68. The van der Waals surface area contributed by atoms with E-state index in [4.69, 9.17) is 10.7 Å². The summed E-state index contributed by atoms with van der Waals surface area (Å²) in [5.41, 5.74) is 12.1. The lowest BCUT2D eigenvalue weighted by molar-refractivity contribution is 0.100. The Balaban J connectivity index is 2.48.